The number of thiophene rings is 1. The van der Waals surface area contributed by atoms with Crippen LogP contribution in [0.15, 0.2) is 17.5 Å². The minimum Gasteiger partial charge on any atom is -0.370 e. The highest BCUT2D eigenvalue weighted by atomic mass is 32.1. The molecule has 2 nitrogen and oxygen atoms in total. The second-order valence-corrected chi connectivity index (χ2v) is 5.47. The normalized spacial score (nSPS) is 19.6. The van der Waals surface area contributed by atoms with E-state index in [0.29, 0.717) is 6.42 Å². The third-order valence-electron chi connectivity index (χ3n) is 3.48. The molecule has 16 heavy (non-hydrogen) atoms. The lowest BCUT2D eigenvalue weighted by atomic mass is 9.80. The highest BCUT2D eigenvalue weighted by Crippen LogP contribution is 2.33. The summed E-state index contributed by atoms with van der Waals surface area (Å²) in [6.07, 6.45) is 5.79. The summed E-state index contributed by atoms with van der Waals surface area (Å²) in [5, 5.41) is 2.02. The number of carbonyl (C=O) groups is 1. The summed E-state index contributed by atoms with van der Waals surface area (Å²) in [4.78, 5) is 13.4. The molecule has 0 aliphatic heterocycles. The molecule has 0 amide bonds. The monoisotopic (exact) mass is 238 g/mol. The molecule has 3 heteroatoms. The van der Waals surface area contributed by atoms with E-state index in [1.807, 2.05) is 17.5 Å². The van der Waals surface area contributed by atoms with Gasteiger partial charge in [0.15, 0.2) is 5.78 Å². The second-order valence-electron chi connectivity index (χ2n) is 4.44. The van der Waals surface area contributed by atoms with Crippen molar-refractivity contribution in [1.29, 1.82) is 0 Å². The van der Waals surface area contributed by atoms with Crippen LogP contribution in [-0.2, 0) is 16.0 Å². The molecule has 0 saturated heterocycles. The van der Waals surface area contributed by atoms with E-state index in [9.17, 15) is 4.79 Å². The van der Waals surface area contributed by atoms with Crippen LogP contribution in [0.2, 0.25) is 0 Å². The first-order valence-corrected chi connectivity index (χ1v) is 6.76. The number of ether oxygens (including phenoxy) is 1. The molecule has 0 unspecified atom stereocenters. The van der Waals surface area contributed by atoms with Gasteiger partial charge in [-0.2, -0.15) is 0 Å². The molecule has 0 radical (unpaired) electrons. The number of methoxy groups -OCH3 is 1. The Hall–Kier alpha value is -0.670. The summed E-state index contributed by atoms with van der Waals surface area (Å²) in [5.41, 5.74) is -0.484. The van der Waals surface area contributed by atoms with Crippen molar-refractivity contribution in [3.05, 3.63) is 22.4 Å². The van der Waals surface area contributed by atoms with Gasteiger partial charge in [0.05, 0.1) is 0 Å². The predicted octanol–water partition coefficient (Wildman–Crippen LogP) is 3.21. The zero-order valence-electron chi connectivity index (χ0n) is 9.70. The third-order valence-corrected chi connectivity index (χ3v) is 4.35. The molecule has 1 heterocycles. The lowest BCUT2D eigenvalue weighted by molar-refractivity contribution is -0.144. The lowest BCUT2D eigenvalue weighted by Crippen LogP contribution is -2.43. The second kappa shape index (κ2) is 5.11. The Bertz CT molecular complexity index is 337. The van der Waals surface area contributed by atoms with Gasteiger partial charge in [-0.25, -0.2) is 0 Å². The van der Waals surface area contributed by atoms with Gasteiger partial charge in [0.25, 0.3) is 0 Å². The predicted molar refractivity (Wildman–Crippen MR) is 65.9 cm³/mol. The largest absolute Gasteiger partial charge is 0.370 e. The molecule has 1 aliphatic rings. The van der Waals surface area contributed by atoms with E-state index < -0.39 is 5.60 Å². The SMILES string of the molecule is COC1(C(=O)Cc2cccs2)CCCCC1. The fourth-order valence-electron chi connectivity index (χ4n) is 2.45. The molecule has 0 spiro atoms. The first kappa shape index (κ1) is 11.8. The summed E-state index contributed by atoms with van der Waals surface area (Å²) >= 11 is 1.65. The number of carbonyl (C=O) groups excluding carboxylic acids is 1. The topological polar surface area (TPSA) is 26.3 Å². The highest BCUT2D eigenvalue weighted by Gasteiger charge is 2.38. The van der Waals surface area contributed by atoms with Gasteiger partial charge in [-0.3, -0.25) is 4.79 Å². The Balaban J connectivity index is 2.06. The van der Waals surface area contributed by atoms with Crippen molar-refractivity contribution in [2.45, 2.75) is 44.1 Å². The molecule has 2 rings (SSSR count). The van der Waals surface area contributed by atoms with Gasteiger partial charge in [0.1, 0.15) is 5.60 Å². The van der Waals surface area contributed by atoms with Crippen molar-refractivity contribution in [2.24, 2.45) is 0 Å². The number of hydrogen-bond acceptors (Lipinski definition) is 3. The Labute approximate surface area is 101 Å². The molecule has 1 aliphatic carbocycles. The van der Waals surface area contributed by atoms with E-state index >= 15 is 0 Å². The molecule has 1 saturated carbocycles. The Morgan fingerprint density at radius 2 is 2.19 bits per heavy atom. The van der Waals surface area contributed by atoms with E-state index in [2.05, 4.69) is 0 Å². The first-order chi connectivity index (χ1) is 7.77. The van der Waals surface area contributed by atoms with Gasteiger partial charge >= 0.3 is 0 Å². The van der Waals surface area contributed by atoms with E-state index in [-0.39, 0.29) is 5.78 Å². The van der Waals surface area contributed by atoms with Gasteiger partial charge in [-0.1, -0.05) is 25.3 Å². The Morgan fingerprint density at radius 3 is 2.75 bits per heavy atom. The average molecular weight is 238 g/mol. The summed E-state index contributed by atoms with van der Waals surface area (Å²) < 4.78 is 5.54. The van der Waals surface area contributed by atoms with Gasteiger partial charge in [-0.05, 0) is 24.3 Å². The minimum atomic E-state index is -0.484. The zero-order valence-corrected chi connectivity index (χ0v) is 10.5. The third kappa shape index (κ3) is 2.36. The van der Waals surface area contributed by atoms with Crippen molar-refractivity contribution in [1.82, 2.24) is 0 Å². The van der Waals surface area contributed by atoms with Crippen molar-refractivity contribution in [3.63, 3.8) is 0 Å². The fraction of sp³-hybridized carbons (Fsp3) is 0.615. The molecule has 1 fully saturated rings. The van der Waals surface area contributed by atoms with Crippen LogP contribution in [0.4, 0.5) is 0 Å². The number of hydrogen-bond donors (Lipinski definition) is 0. The fourth-order valence-corrected chi connectivity index (χ4v) is 3.16. The maximum absolute atomic E-state index is 12.3. The maximum Gasteiger partial charge on any atom is 0.169 e. The number of rotatable bonds is 4. The summed E-state index contributed by atoms with van der Waals surface area (Å²) in [6.45, 7) is 0. The van der Waals surface area contributed by atoms with Crippen molar-refractivity contribution >= 4 is 17.1 Å². The van der Waals surface area contributed by atoms with E-state index in [4.69, 9.17) is 4.74 Å². The van der Waals surface area contributed by atoms with Crippen LogP contribution < -0.4 is 0 Å². The van der Waals surface area contributed by atoms with Crippen molar-refractivity contribution < 1.29 is 9.53 Å². The number of ketones is 1. The molecule has 0 aromatic carbocycles. The minimum absolute atomic E-state index is 0.261. The summed E-state index contributed by atoms with van der Waals surface area (Å²) in [7, 11) is 1.68. The first-order valence-electron chi connectivity index (χ1n) is 5.88. The quantitative estimate of drug-likeness (QED) is 0.805. The van der Waals surface area contributed by atoms with Gasteiger partial charge in [-0.15, -0.1) is 11.3 Å². The van der Waals surface area contributed by atoms with Gasteiger partial charge in [0.2, 0.25) is 0 Å². The molecule has 0 N–H and O–H groups in total. The summed E-state index contributed by atoms with van der Waals surface area (Å²) in [6, 6.07) is 4.02. The average Bonchev–Trinajstić information content (AvgIpc) is 2.82. The Kier molecular flexibility index (Phi) is 3.77. The smallest absolute Gasteiger partial charge is 0.169 e. The van der Waals surface area contributed by atoms with Crippen LogP contribution in [0.3, 0.4) is 0 Å². The van der Waals surface area contributed by atoms with Crippen LogP contribution >= 0.6 is 11.3 Å². The number of Topliss-reactive ketones (excluding diaryl/α,β-unsaturated/α-hetero) is 1. The molecule has 0 atom stereocenters. The molecular weight excluding hydrogens is 220 g/mol. The van der Waals surface area contributed by atoms with Crippen molar-refractivity contribution in [2.75, 3.05) is 7.11 Å². The van der Waals surface area contributed by atoms with E-state index in [1.165, 1.54) is 6.42 Å². The van der Waals surface area contributed by atoms with Crippen molar-refractivity contribution in [3.8, 4) is 0 Å². The van der Waals surface area contributed by atoms with E-state index in [1.54, 1.807) is 18.4 Å². The molecular formula is C13H18O2S. The maximum atomic E-state index is 12.3. The standard InChI is InChI=1S/C13H18O2S/c1-15-13(7-3-2-4-8-13)12(14)10-11-6-5-9-16-11/h5-6,9H,2-4,7-8,10H2,1H3. The van der Waals surface area contributed by atoms with Crippen LogP contribution in [0.1, 0.15) is 37.0 Å². The lowest BCUT2D eigenvalue weighted by Gasteiger charge is -2.34. The van der Waals surface area contributed by atoms with Gasteiger partial charge in [0, 0.05) is 18.4 Å². The van der Waals surface area contributed by atoms with Gasteiger partial charge < -0.3 is 4.74 Å². The highest BCUT2D eigenvalue weighted by molar-refractivity contribution is 7.10. The summed E-state index contributed by atoms with van der Waals surface area (Å²) in [5.74, 6) is 0.261. The molecule has 1 aromatic rings. The zero-order chi connectivity index (χ0) is 11.4. The molecule has 88 valence electrons. The Morgan fingerprint density at radius 1 is 1.44 bits per heavy atom. The van der Waals surface area contributed by atoms with E-state index in [0.717, 1.165) is 30.6 Å². The van der Waals surface area contributed by atoms with Crippen LogP contribution in [0.25, 0.3) is 0 Å². The van der Waals surface area contributed by atoms with Crippen LogP contribution in [-0.4, -0.2) is 18.5 Å². The molecule has 1 aromatic heterocycles. The van der Waals surface area contributed by atoms with Crippen LogP contribution in [0, 0.1) is 0 Å². The molecule has 0 bridgehead atoms. The van der Waals surface area contributed by atoms with Crippen LogP contribution in [0.5, 0.6) is 0 Å².